The van der Waals surface area contributed by atoms with Crippen LogP contribution in [0.1, 0.15) is 47.3 Å². The van der Waals surface area contributed by atoms with E-state index in [2.05, 4.69) is 0 Å². The normalized spacial score (nSPS) is 19.3. The van der Waals surface area contributed by atoms with Crippen LogP contribution in [-0.4, -0.2) is 10.9 Å². The Labute approximate surface area is 126 Å². The summed E-state index contributed by atoms with van der Waals surface area (Å²) in [5.74, 6) is 0.435. The Kier molecular flexibility index (Phi) is 3.53. The summed E-state index contributed by atoms with van der Waals surface area (Å²) in [5.41, 5.74) is -0.823. The molecule has 0 saturated heterocycles. The Morgan fingerprint density at radius 3 is 1.81 bits per heavy atom. The molecule has 1 N–H and O–H groups in total. The van der Waals surface area contributed by atoms with Crippen LogP contribution in [-0.2, 0) is 10.4 Å². The van der Waals surface area contributed by atoms with Crippen molar-refractivity contribution in [3.05, 3.63) is 47.5 Å². The first-order valence-electron chi connectivity index (χ1n) is 7.23. The topological polar surface area (TPSA) is 50.4 Å². The molecule has 1 heterocycles. The minimum absolute atomic E-state index is 0.00577. The van der Waals surface area contributed by atoms with Crippen molar-refractivity contribution in [1.82, 2.24) is 0 Å². The van der Waals surface area contributed by atoms with Crippen molar-refractivity contribution in [3.63, 3.8) is 0 Å². The minimum Gasteiger partial charge on any atom is -0.466 e. The quantitative estimate of drug-likeness (QED) is 0.850. The lowest BCUT2D eigenvalue weighted by atomic mass is 9.69. The van der Waals surface area contributed by atoms with E-state index in [1.54, 1.807) is 24.3 Å². The summed E-state index contributed by atoms with van der Waals surface area (Å²) in [6.07, 6.45) is 4.78. The fourth-order valence-electron chi connectivity index (χ4n) is 2.52. The molecule has 2 rings (SSSR count). The van der Waals surface area contributed by atoms with Crippen molar-refractivity contribution in [2.45, 2.75) is 47.1 Å². The van der Waals surface area contributed by atoms with Crippen molar-refractivity contribution < 1.29 is 14.3 Å². The second-order valence-corrected chi connectivity index (χ2v) is 7.75. The van der Waals surface area contributed by atoms with Gasteiger partial charge in [0, 0.05) is 11.1 Å². The Morgan fingerprint density at radius 1 is 1.00 bits per heavy atom. The number of carbonyl (C=O) groups is 1. The first-order valence-corrected chi connectivity index (χ1v) is 7.23. The lowest BCUT2D eigenvalue weighted by Gasteiger charge is -2.35. The maximum atomic E-state index is 12.8. The second kappa shape index (κ2) is 4.70. The van der Waals surface area contributed by atoms with E-state index < -0.39 is 5.60 Å². The molecule has 0 fully saturated rings. The number of allylic oxidation sites excluding steroid dienone is 2. The van der Waals surface area contributed by atoms with E-state index in [4.69, 9.17) is 4.42 Å². The van der Waals surface area contributed by atoms with E-state index in [0.29, 0.717) is 16.9 Å². The molecule has 21 heavy (non-hydrogen) atoms. The van der Waals surface area contributed by atoms with Gasteiger partial charge in [0.25, 0.3) is 0 Å². The first-order chi connectivity index (χ1) is 9.45. The van der Waals surface area contributed by atoms with Crippen molar-refractivity contribution >= 4 is 5.78 Å². The van der Waals surface area contributed by atoms with Crippen LogP contribution in [0.3, 0.4) is 0 Å². The Morgan fingerprint density at radius 2 is 1.48 bits per heavy atom. The number of hydrogen-bond acceptors (Lipinski definition) is 3. The number of ketones is 1. The zero-order chi connectivity index (χ0) is 16.1. The zero-order valence-corrected chi connectivity index (χ0v) is 13.7. The predicted molar refractivity (Wildman–Crippen MR) is 82.7 cm³/mol. The average molecular weight is 288 g/mol. The largest absolute Gasteiger partial charge is 0.466 e. The maximum absolute atomic E-state index is 12.8. The molecule has 1 aromatic rings. The molecule has 0 amide bonds. The van der Waals surface area contributed by atoms with E-state index in [9.17, 15) is 9.90 Å². The molecule has 0 aliphatic heterocycles. The van der Waals surface area contributed by atoms with Crippen LogP contribution in [0.5, 0.6) is 0 Å². The van der Waals surface area contributed by atoms with E-state index in [-0.39, 0.29) is 16.6 Å². The number of aliphatic hydroxyl groups is 1. The van der Waals surface area contributed by atoms with Crippen LogP contribution < -0.4 is 0 Å². The Hall–Kier alpha value is -1.61. The highest BCUT2D eigenvalue weighted by Crippen LogP contribution is 2.43. The molecule has 3 heteroatoms. The lowest BCUT2D eigenvalue weighted by molar-refractivity contribution is -0.114. The van der Waals surface area contributed by atoms with Gasteiger partial charge in [-0.1, -0.05) is 41.5 Å². The van der Waals surface area contributed by atoms with Gasteiger partial charge in [-0.05, 0) is 35.1 Å². The summed E-state index contributed by atoms with van der Waals surface area (Å²) in [4.78, 5) is 12.8. The molecule has 0 radical (unpaired) electrons. The van der Waals surface area contributed by atoms with Gasteiger partial charge in [-0.3, -0.25) is 4.79 Å². The van der Waals surface area contributed by atoms with Crippen molar-refractivity contribution in [1.29, 1.82) is 0 Å². The fourth-order valence-corrected chi connectivity index (χ4v) is 2.52. The van der Waals surface area contributed by atoms with E-state index in [1.165, 1.54) is 6.26 Å². The van der Waals surface area contributed by atoms with E-state index in [0.717, 1.165) is 0 Å². The van der Waals surface area contributed by atoms with Gasteiger partial charge < -0.3 is 9.52 Å². The highest BCUT2D eigenvalue weighted by molar-refractivity contribution is 6.11. The van der Waals surface area contributed by atoms with Crippen molar-refractivity contribution in [3.8, 4) is 0 Å². The van der Waals surface area contributed by atoms with Crippen LogP contribution in [0.4, 0.5) is 0 Å². The highest BCUT2D eigenvalue weighted by Gasteiger charge is 2.41. The molecule has 1 aromatic heterocycles. The molecular weight excluding hydrogens is 264 g/mol. The van der Waals surface area contributed by atoms with Crippen LogP contribution >= 0.6 is 0 Å². The van der Waals surface area contributed by atoms with Gasteiger partial charge in [0.2, 0.25) is 0 Å². The van der Waals surface area contributed by atoms with Crippen LogP contribution in [0.2, 0.25) is 0 Å². The number of hydrogen-bond donors (Lipinski definition) is 1. The summed E-state index contributed by atoms with van der Waals surface area (Å²) in [6, 6.07) is 3.46. The highest BCUT2D eigenvalue weighted by atomic mass is 16.4. The van der Waals surface area contributed by atoms with Crippen LogP contribution in [0, 0.1) is 10.8 Å². The lowest BCUT2D eigenvalue weighted by Crippen LogP contribution is -2.35. The molecule has 3 nitrogen and oxygen atoms in total. The van der Waals surface area contributed by atoms with Gasteiger partial charge in [0.05, 0.1) is 6.26 Å². The molecule has 0 bridgehead atoms. The molecule has 0 aromatic carbocycles. The van der Waals surface area contributed by atoms with Gasteiger partial charge in [-0.15, -0.1) is 0 Å². The maximum Gasteiger partial charge on any atom is 0.185 e. The molecule has 1 aliphatic rings. The molecule has 0 atom stereocenters. The van der Waals surface area contributed by atoms with Crippen LogP contribution in [0.15, 0.2) is 46.1 Å². The summed E-state index contributed by atoms with van der Waals surface area (Å²) >= 11 is 0. The Balaban J connectivity index is 2.67. The summed E-state index contributed by atoms with van der Waals surface area (Å²) in [7, 11) is 0. The van der Waals surface area contributed by atoms with Crippen molar-refractivity contribution in [2.75, 3.05) is 0 Å². The molecule has 0 unspecified atom stereocenters. The van der Waals surface area contributed by atoms with Gasteiger partial charge in [0.15, 0.2) is 11.4 Å². The van der Waals surface area contributed by atoms with Gasteiger partial charge in [-0.25, -0.2) is 0 Å². The minimum atomic E-state index is -1.37. The van der Waals surface area contributed by atoms with Crippen molar-refractivity contribution in [2.24, 2.45) is 10.8 Å². The Bertz CT molecular complexity index is 568. The smallest absolute Gasteiger partial charge is 0.185 e. The zero-order valence-electron chi connectivity index (χ0n) is 13.7. The first kappa shape index (κ1) is 15.8. The number of furan rings is 1. The standard InChI is InChI=1S/C18H24O3/c1-16(2,3)12-10-18(20,14-8-7-9-21-14)11-13(15(12)19)17(4,5)6/h7-11,20H,1-6H3. The summed E-state index contributed by atoms with van der Waals surface area (Å²) in [5, 5.41) is 11.0. The summed E-state index contributed by atoms with van der Waals surface area (Å²) < 4.78 is 5.38. The summed E-state index contributed by atoms with van der Waals surface area (Å²) in [6.45, 7) is 11.9. The monoisotopic (exact) mass is 288 g/mol. The predicted octanol–water partition coefficient (Wildman–Crippen LogP) is 3.99. The molecule has 0 saturated carbocycles. The third-order valence-electron chi connectivity index (χ3n) is 3.75. The third-order valence-corrected chi connectivity index (χ3v) is 3.75. The second-order valence-electron chi connectivity index (χ2n) is 7.75. The number of carbonyl (C=O) groups excluding carboxylic acids is 1. The number of rotatable bonds is 1. The van der Waals surface area contributed by atoms with Gasteiger partial charge in [0.1, 0.15) is 5.76 Å². The average Bonchev–Trinajstić information content (AvgIpc) is 2.83. The van der Waals surface area contributed by atoms with Gasteiger partial charge >= 0.3 is 0 Å². The molecule has 114 valence electrons. The van der Waals surface area contributed by atoms with E-state index in [1.807, 2.05) is 41.5 Å². The SMILES string of the molecule is CC(C)(C)C1=CC(O)(c2ccco2)C=C(C(C)(C)C)C1=O. The van der Waals surface area contributed by atoms with Crippen LogP contribution in [0.25, 0.3) is 0 Å². The molecule has 1 aliphatic carbocycles. The molecular formula is C18H24O3. The van der Waals surface area contributed by atoms with Gasteiger partial charge in [-0.2, -0.15) is 0 Å². The van der Waals surface area contributed by atoms with E-state index >= 15 is 0 Å². The number of Topliss-reactive ketones (excluding diaryl/α,β-unsaturated/α-hetero) is 1. The fraction of sp³-hybridized carbons (Fsp3) is 0.500. The molecule has 0 spiro atoms. The third kappa shape index (κ3) is 2.88.